The largest absolute Gasteiger partial charge is 0.322 e. The lowest BCUT2D eigenvalue weighted by molar-refractivity contribution is -0.120. The third-order valence-corrected chi connectivity index (χ3v) is 2.07. The number of imide groups is 1. The van der Waals surface area contributed by atoms with E-state index in [1.165, 1.54) is 12.1 Å². The molecule has 0 aromatic heterocycles. The summed E-state index contributed by atoms with van der Waals surface area (Å²) in [6.45, 7) is 0. The summed E-state index contributed by atoms with van der Waals surface area (Å²) in [5.41, 5.74) is -0.182. The number of halogens is 2. The zero-order chi connectivity index (χ0) is 11.0. The molecule has 1 heterocycles. The van der Waals surface area contributed by atoms with Gasteiger partial charge in [0.15, 0.2) is 11.6 Å². The highest BCUT2D eigenvalue weighted by Crippen LogP contribution is 2.21. The molecular weight excluding hydrogens is 206 g/mol. The van der Waals surface area contributed by atoms with Crippen LogP contribution in [0.4, 0.5) is 13.6 Å². The van der Waals surface area contributed by atoms with Crippen molar-refractivity contribution in [1.29, 1.82) is 0 Å². The highest BCUT2D eigenvalue weighted by atomic mass is 19.2. The van der Waals surface area contributed by atoms with Gasteiger partial charge in [0.25, 0.3) is 5.91 Å². The zero-order valence-corrected chi connectivity index (χ0v) is 7.38. The second-order valence-electron chi connectivity index (χ2n) is 3.04. The second-order valence-corrected chi connectivity index (χ2v) is 3.04. The number of carbonyl (C=O) groups is 2. The molecular formula is C9H6F2N2O2. The Morgan fingerprint density at radius 2 is 1.93 bits per heavy atom. The van der Waals surface area contributed by atoms with Gasteiger partial charge in [0.05, 0.1) is 0 Å². The van der Waals surface area contributed by atoms with Gasteiger partial charge >= 0.3 is 6.03 Å². The maximum Gasteiger partial charge on any atom is 0.322 e. The molecule has 15 heavy (non-hydrogen) atoms. The second kappa shape index (κ2) is 3.30. The van der Waals surface area contributed by atoms with Gasteiger partial charge in [0.1, 0.15) is 6.04 Å². The number of hydrogen-bond donors (Lipinski definition) is 2. The fraction of sp³-hybridized carbons (Fsp3) is 0.111. The predicted molar refractivity (Wildman–Crippen MR) is 45.8 cm³/mol. The lowest BCUT2D eigenvalue weighted by Crippen LogP contribution is -2.22. The molecule has 1 unspecified atom stereocenters. The lowest BCUT2D eigenvalue weighted by Gasteiger charge is -2.08. The van der Waals surface area contributed by atoms with Crippen molar-refractivity contribution >= 4 is 11.9 Å². The number of urea groups is 1. The van der Waals surface area contributed by atoms with E-state index in [1.807, 2.05) is 5.32 Å². The molecule has 1 atom stereocenters. The van der Waals surface area contributed by atoms with E-state index in [0.29, 0.717) is 0 Å². The normalized spacial score (nSPS) is 20.0. The van der Waals surface area contributed by atoms with Crippen LogP contribution in [0.25, 0.3) is 0 Å². The smallest absolute Gasteiger partial charge is 0.322 e. The molecule has 78 valence electrons. The maximum absolute atomic E-state index is 13.2. The van der Waals surface area contributed by atoms with Crippen molar-refractivity contribution in [3.8, 4) is 0 Å². The average molecular weight is 212 g/mol. The molecule has 3 amide bonds. The first-order valence-corrected chi connectivity index (χ1v) is 4.15. The minimum atomic E-state index is -1.16. The molecule has 1 saturated heterocycles. The Bertz CT molecular complexity index is 448. The Morgan fingerprint density at radius 1 is 1.20 bits per heavy atom. The number of rotatable bonds is 1. The number of nitrogens with one attached hydrogen (secondary N) is 2. The molecule has 1 aliphatic heterocycles. The van der Waals surface area contributed by atoms with Crippen molar-refractivity contribution < 1.29 is 18.4 Å². The topological polar surface area (TPSA) is 58.2 Å². The van der Waals surface area contributed by atoms with E-state index in [4.69, 9.17) is 0 Å². The number of benzene rings is 1. The van der Waals surface area contributed by atoms with Crippen molar-refractivity contribution in [2.75, 3.05) is 0 Å². The summed E-state index contributed by atoms with van der Waals surface area (Å²) in [5, 5.41) is 4.12. The predicted octanol–water partition coefficient (Wildman–Crippen LogP) is 0.845. The molecule has 0 saturated carbocycles. The molecule has 1 aliphatic rings. The van der Waals surface area contributed by atoms with Gasteiger partial charge in [-0.1, -0.05) is 12.1 Å². The first-order chi connectivity index (χ1) is 7.09. The minimum absolute atomic E-state index is 0.182. The Balaban J connectivity index is 2.42. The van der Waals surface area contributed by atoms with Crippen LogP contribution in [0.3, 0.4) is 0 Å². The maximum atomic E-state index is 13.2. The van der Waals surface area contributed by atoms with Gasteiger partial charge in [-0.15, -0.1) is 0 Å². The van der Waals surface area contributed by atoms with Gasteiger partial charge in [0, 0.05) is 5.56 Å². The Labute approximate surface area is 83.3 Å². The molecule has 1 aromatic carbocycles. The van der Waals surface area contributed by atoms with Crippen molar-refractivity contribution in [2.24, 2.45) is 0 Å². The van der Waals surface area contributed by atoms with Crippen LogP contribution in [0.1, 0.15) is 11.6 Å². The zero-order valence-electron chi connectivity index (χ0n) is 7.38. The first-order valence-electron chi connectivity index (χ1n) is 4.15. The SMILES string of the molecule is O=C1NC(=O)C(c2cccc(F)c2F)N1. The van der Waals surface area contributed by atoms with E-state index in [1.54, 1.807) is 0 Å². The van der Waals surface area contributed by atoms with E-state index in [0.717, 1.165) is 6.07 Å². The fourth-order valence-electron chi connectivity index (χ4n) is 1.38. The highest BCUT2D eigenvalue weighted by Gasteiger charge is 2.33. The van der Waals surface area contributed by atoms with Gasteiger partial charge in [-0.2, -0.15) is 0 Å². The van der Waals surface area contributed by atoms with Crippen molar-refractivity contribution in [2.45, 2.75) is 6.04 Å². The van der Waals surface area contributed by atoms with Crippen molar-refractivity contribution in [3.63, 3.8) is 0 Å². The Morgan fingerprint density at radius 3 is 2.53 bits per heavy atom. The number of carbonyl (C=O) groups excluding carboxylic acids is 2. The monoisotopic (exact) mass is 212 g/mol. The summed E-state index contributed by atoms with van der Waals surface area (Å²) < 4.78 is 26.1. The molecule has 2 N–H and O–H groups in total. The van der Waals surface area contributed by atoms with Gasteiger partial charge in [-0.3, -0.25) is 10.1 Å². The quantitative estimate of drug-likeness (QED) is 0.678. The van der Waals surface area contributed by atoms with Crippen LogP contribution in [0.5, 0.6) is 0 Å². The van der Waals surface area contributed by atoms with Gasteiger partial charge in [-0.05, 0) is 6.07 Å². The Hall–Kier alpha value is -1.98. The van der Waals surface area contributed by atoms with E-state index >= 15 is 0 Å². The molecule has 1 aromatic rings. The summed E-state index contributed by atoms with van der Waals surface area (Å²) in [7, 11) is 0. The molecule has 4 nitrogen and oxygen atoms in total. The van der Waals surface area contributed by atoms with E-state index in [9.17, 15) is 18.4 Å². The van der Waals surface area contributed by atoms with E-state index < -0.39 is 29.6 Å². The van der Waals surface area contributed by atoms with Crippen LogP contribution >= 0.6 is 0 Å². The van der Waals surface area contributed by atoms with Crippen LogP contribution in [0.15, 0.2) is 18.2 Å². The summed E-state index contributed by atoms with van der Waals surface area (Å²) >= 11 is 0. The average Bonchev–Trinajstić information content (AvgIpc) is 2.50. The van der Waals surface area contributed by atoms with Crippen LogP contribution in [-0.4, -0.2) is 11.9 Å². The number of amides is 3. The van der Waals surface area contributed by atoms with Gasteiger partial charge in [-0.25, -0.2) is 13.6 Å². The van der Waals surface area contributed by atoms with E-state index in [-0.39, 0.29) is 5.56 Å². The van der Waals surface area contributed by atoms with Crippen LogP contribution < -0.4 is 10.6 Å². The standard InChI is InChI=1S/C9H6F2N2O2/c10-5-3-1-2-4(6(5)11)7-8(14)13-9(15)12-7/h1-3,7H,(H2,12,13,14,15). The molecule has 0 bridgehead atoms. The molecule has 6 heteroatoms. The fourth-order valence-corrected chi connectivity index (χ4v) is 1.38. The highest BCUT2D eigenvalue weighted by molar-refractivity contribution is 6.04. The van der Waals surface area contributed by atoms with Crippen LogP contribution in [0.2, 0.25) is 0 Å². The summed E-state index contributed by atoms with van der Waals surface area (Å²) in [6, 6.07) is 1.58. The van der Waals surface area contributed by atoms with Crippen molar-refractivity contribution in [3.05, 3.63) is 35.4 Å². The van der Waals surface area contributed by atoms with Crippen LogP contribution in [-0.2, 0) is 4.79 Å². The van der Waals surface area contributed by atoms with Crippen LogP contribution in [0, 0.1) is 11.6 Å². The summed E-state index contributed by atoms with van der Waals surface area (Å²) in [4.78, 5) is 21.9. The lowest BCUT2D eigenvalue weighted by atomic mass is 10.1. The molecule has 2 rings (SSSR count). The molecule has 1 fully saturated rings. The summed E-state index contributed by atoms with van der Waals surface area (Å²) in [5.74, 6) is -2.87. The van der Waals surface area contributed by atoms with Gasteiger partial charge < -0.3 is 5.32 Å². The minimum Gasteiger partial charge on any atom is -0.322 e. The molecule has 0 radical (unpaired) electrons. The molecule has 0 aliphatic carbocycles. The third-order valence-electron chi connectivity index (χ3n) is 2.07. The molecule has 0 spiro atoms. The third kappa shape index (κ3) is 1.54. The van der Waals surface area contributed by atoms with Gasteiger partial charge in [0.2, 0.25) is 0 Å². The summed E-state index contributed by atoms with van der Waals surface area (Å²) in [6.07, 6.45) is 0. The first kappa shape index (κ1) is 9.57. The number of hydrogen-bond acceptors (Lipinski definition) is 2. The Kier molecular flexibility index (Phi) is 2.11. The van der Waals surface area contributed by atoms with E-state index in [2.05, 4.69) is 5.32 Å². The van der Waals surface area contributed by atoms with Crippen molar-refractivity contribution in [1.82, 2.24) is 10.6 Å².